The Kier molecular flexibility index (Phi) is 3.13. The number of hydrogen-bond donors (Lipinski definition) is 1. The molecule has 20 heavy (non-hydrogen) atoms. The number of anilines is 1. The number of nitrogens with zero attached hydrogens (tertiary/aromatic N) is 1. The van der Waals surface area contributed by atoms with Crippen molar-refractivity contribution in [3.05, 3.63) is 54.7 Å². The van der Waals surface area contributed by atoms with Gasteiger partial charge in [0.25, 0.3) is 0 Å². The molecule has 0 bridgehead atoms. The third kappa shape index (κ3) is 2.23. The summed E-state index contributed by atoms with van der Waals surface area (Å²) in [7, 11) is 1.63. The molecule has 0 atom stereocenters. The Morgan fingerprint density at radius 2 is 1.70 bits per heavy atom. The van der Waals surface area contributed by atoms with Crippen LogP contribution in [0.2, 0.25) is 0 Å². The third-order valence-corrected chi connectivity index (χ3v) is 3.05. The summed E-state index contributed by atoms with van der Waals surface area (Å²) in [5.41, 5.74) is 7.31. The van der Waals surface area contributed by atoms with Crippen molar-refractivity contribution in [1.29, 1.82) is 0 Å². The summed E-state index contributed by atoms with van der Waals surface area (Å²) in [6.07, 6.45) is 1.72. The van der Waals surface area contributed by atoms with Crippen molar-refractivity contribution in [3.8, 4) is 17.2 Å². The first kappa shape index (κ1) is 12.3. The lowest BCUT2D eigenvalue weighted by Crippen LogP contribution is -1.92. The molecule has 0 radical (unpaired) electrons. The van der Waals surface area contributed by atoms with Gasteiger partial charge in [-0.05, 0) is 48.5 Å². The lowest BCUT2D eigenvalue weighted by molar-refractivity contribution is 0.413. The molecular weight excluding hydrogens is 252 g/mol. The van der Waals surface area contributed by atoms with Gasteiger partial charge in [-0.1, -0.05) is 0 Å². The van der Waals surface area contributed by atoms with E-state index in [1.165, 1.54) is 0 Å². The van der Waals surface area contributed by atoms with Gasteiger partial charge in [0.15, 0.2) is 0 Å². The van der Waals surface area contributed by atoms with E-state index >= 15 is 0 Å². The highest BCUT2D eigenvalue weighted by Crippen LogP contribution is 2.32. The van der Waals surface area contributed by atoms with E-state index in [0.717, 1.165) is 28.2 Å². The molecule has 0 unspecified atom stereocenters. The van der Waals surface area contributed by atoms with Crippen molar-refractivity contribution < 1.29 is 9.47 Å². The van der Waals surface area contributed by atoms with Crippen LogP contribution < -0.4 is 15.2 Å². The van der Waals surface area contributed by atoms with Crippen molar-refractivity contribution in [2.75, 3.05) is 12.8 Å². The zero-order valence-electron chi connectivity index (χ0n) is 11.0. The van der Waals surface area contributed by atoms with Crippen LogP contribution in [0.1, 0.15) is 0 Å². The van der Waals surface area contributed by atoms with Crippen molar-refractivity contribution in [1.82, 2.24) is 4.98 Å². The average Bonchev–Trinajstić information content (AvgIpc) is 2.51. The highest BCUT2D eigenvalue weighted by molar-refractivity contribution is 5.93. The smallest absolute Gasteiger partial charge is 0.136 e. The molecule has 0 aliphatic carbocycles. The molecule has 1 heterocycles. The number of aromatic nitrogens is 1. The van der Waals surface area contributed by atoms with E-state index in [9.17, 15) is 0 Å². The highest BCUT2D eigenvalue weighted by atomic mass is 16.5. The molecule has 0 aliphatic heterocycles. The lowest BCUT2D eigenvalue weighted by Gasteiger charge is -2.10. The van der Waals surface area contributed by atoms with Crippen LogP contribution in [0, 0.1) is 0 Å². The highest BCUT2D eigenvalue weighted by Gasteiger charge is 2.07. The van der Waals surface area contributed by atoms with Crippen LogP contribution in [0.4, 0.5) is 5.69 Å². The first-order valence-electron chi connectivity index (χ1n) is 6.23. The van der Waals surface area contributed by atoms with Gasteiger partial charge >= 0.3 is 0 Å². The Morgan fingerprint density at radius 1 is 0.950 bits per heavy atom. The third-order valence-electron chi connectivity index (χ3n) is 3.05. The maximum atomic E-state index is 5.92. The largest absolute Gasteiger partial charge is 0.497 e. The Bertz CT molecular complexity index is 739. The fraction of sp³-hybridized carbons (Fsp3) is 0.0625. The van der Waals surface area contributed by atoms with Crippen LogP contribution in [0.15, 0.2) is 54.7 Å². The van der Waals surface area contributed by atoms with Gasteiger partial charge in [0.2, 0.25) is 0 Å². The normalized spacial score (nSPS) is 10.4. The Morgan fingerprint density at radius 3 is 2.45 bits per heavy atom. The second-order valence-corrected chi connectivity index (χ2v) is 4.33. The van der Waals surface area contributed by atoms with Gasteiger partial charge in [-0.3, -0.25) is 4.98 Å². The number of fused-ring (bicyclic) bond motifs is 1. The monoisotopic (exact) mass is 266 g/mol. The van der Waals surface area contributed by atoms with Crippen LogP contribution in [0.25, 0.3) is 10.9 Å². The first-order chi connectivity index (χ1) is 9.78. The van der Waals surface area contributed by atoms with Crippen molar-refractivity contribution in [3.63, 3.8) is 0 Å². The topological polar surface area (TPSA) is 57.4 Å². The molecule has 0 fully saturated rings. The van der Waals surface area contributed by atoms with Crippen molar-refractivity contribution >= 4 is 16.6 Å². The van der Waals surface area contributed by atoms with E-state index in [1.807, 2.05) is 42.5 Å². The number of benzene rings is 2. The molecule has 2 N–H and O–H groups in total. The molecule has 100 valence electrons. The van der Waals surface area contributed by atoms with Crippen LogP contribution in [-0.2, 0) is 0 Å². The minimum absolute atomic E-state index is 0.641. The Hall–Kier alpha value is -2.75. The maximum Gasteiger partial charge on any atom is 0.136 e. The first-order valence-corrected chi connectivity index (χ1v) is 6.23. The standard InChI is InChI=1S/C16H14N2O2/c1-19-11-4-6-12(7-5-11)20-15-9-8-14(17)16-13(15)3-2-10-18-16/h2-10H,17H2,1H3. The molecule has 0 spiro atoms. The van der Waals surface area contributed by atoms with E-state index in [4.69, 9.17) is 15.2 Å². The fourth-order valence-corrected chi connectivity index (χ4v) is 2.03. The number of pyridine rings is 1. The quantitative estimate of drug-likeness (QED) is 0.736. The van der Waals surface area contributed by atoms with Crippen LogP contribution >= 0.6 is 0 Å². The van der Waals surface area contributed by atoms with Gasteiger partial charge in [-0.15, -0.1) is 0 Å². The Balaban J connectivity index is 2.00. The van der Waals surface area contributed by atoms with Crippen LogP contribution in [0.5, 0.6) is 17.2 Å². The predicted molar refractivity (Wildman–Crippen MR) is 79.2 cm³/mol. The summed E-state index contributed by atoms with van der Waals surface area (Å²) in [5, 5.41) is 0.892. The van der Waals surface area contributed by atoms with Crippen LogP contribution in [-0.4, -0.2) is 12.1 Å². The summed E-state index contributed by atoms with van der Waals surface area (Å²) >= 11 is 0. The number of nitrogen functional groups attached to an aromatic ring is 1. The van der Waals surface area contributed by atoms with E-state index in [0.29, 0.717) is 5.69 Å². The van der Waals surface area contributed by atoms with Crippen molar-refractivity contribution in [2.45, 2.75) is 0 Å². The fourth-order valence-electron chi connectivity index (χ4n) is 2.03. The average molecular weight is 266 g/mol. The summed E-state index contributed by atoms with van der Waals surface area (Å²) in [6, 6.07) is 14.9. The van der Waals surface area contributed by atoms with E-state index in [1.54, 1.807) is 19.4 Å². The second kappa shape index (κ2) is 5.09. The van der Waals surface area contributed by atoms with Gasteiger partial charge in [0.05, 0.1) is 18.3 Å². The molecule has 3 aromatic rings. The maximum absolute atomic E-state index is 5.92. The van der Waals surface area contributed by atoms with Crippen LogP contribution in [0.3, 0.4) is 0 Å². The number of hydrogen-bond acceptors (Lipinski definition) is 4. The van der Waals surface area contributed by atoms with Gasteiger partial charge < -0.3 is 15.2 Å². The second-order valence-electron chi connectivity index (χ2n) is 4.33. The van der Waals surface area contributed by atoms with Crippen molar-refractivity contribution in [2.24, 2.45) is 0 Å². The summed E-state index contributed by atoms with van der Waals surface area (Å²) in [5.74, 6) is 2.26. The van der Waals surface area contributed by atoms with E-state index in [2.05, 4.69) is 4.98 Å². The number of ether oxygens (including phenoxy) is 2. The van der Waals surface area contributed by atoms with E-state index in [-0.39, 0.29) is 0 Å². The SMILES string of the molecule is COc1ccc(Oc2ccc(N)c3ncccc23)cc1. The molecule has 2 aromatic carbocycles. The minimum Gasteiger partial charge on any atom is -0.497 e. The number of nitrogens with two attached hydrogens (primary N) is 1. The predicted octanol–water partition coefficient (Wildman–Crippen LogP) is 3.62. The summed E-state index contributed by atoms with van der Waals surface area (Å²) in [4.78, 5) is 4.29. The van der Waals surface area contributed by atoms with Gasteiger partial charge in [0.1, 0.15) is 17.2 Å². The van der Waals surface area contributed by atoms with Gasteiger partial charge in [-0.2, -0.15) is 0 Å². The molecular formula is C16H14N2O2. The summed E-state index contributed by atoms with van der Waals surface area (Å²) in [6.45, 7) is 0. The molecule has 0 aliphatic rings. The molecule has 0 saturated carbocycles. The van der Waals surface area contributed by atoms with Gasteiger partial charge in [-0.25, -0.2) is 0 Å². The molecule has 0 amide bonds. The lowest BCUT2D eigenvalue weighted by atomic mass is 10.1. The molecule has 4 heteroatoms. The zero-order chi connectivity index (χ0) is 13.9. The van der Waals surface area contributed by atoms with E-state index < -0.39 is 0 Å². The minimum atomic E-state index is 0.641. The molecule has 0 saturated heterocycles. The zero-order valence-corrected chi connectivity index (χ0v) is 11.0. The summed E-state index contributed by atoms with van der Waals surface area (Å²) < 4.78 is 11.0. The number of rotatable bonds is 3. The number of methoxy groups -OCH3 is 1. The molecule has 1 aromatic heterocycles. The molecule has 3 rings (SSSR count). The van der Waals surface area contributed by atoms with Gasteiger partial charge in [0, 0.05) is 11.6 Å². The molecule has 4 nitrogen and oxygen atoms in total. The Labute approximate surface area is 116 Å².